The van der Waals surface area contributed by atoms with Gasteiger partial charge in [-0.25, -0.2) is 4.98 Å². The van der Waals surface area contributed by atoms with Crippen LogP contribution in [-0.4, -0.2) is 40.7 Å². The summed E-state index contributed by atoms with van der Waals surface area (Å²) in [7, 11) is 0. The second-order valence-electron chi connectivity index (χ2n) is 6.49. The van der Waals surface area contributed by atoms with Crippen molar-refractivity contribution in [1.29, 1.82) is 0 Å². The Morgan fingerprint density at radius 3 is 2.56 bits per heavy atom. The van der Waals surface area contributed by atoms with Gasteiger partial charge in [-0.1, -0.05) is 19.0 Å². The number of nitrogens with one attached hydrogen (secondary N) is 2. The van der Waals surface area contributed by atoms with Crippen molar-refractivity contribution >= 4 is 41.3 Å². The molecular formula is C18H31IN6OS. The molecule has 0 saturated heterocycles. The van der Waals surface area contributed by atoms with E-state index < -0.39 is 0 Å². The van der Waals surface area contributed by atoms with E-state index in [0.29, 0.717) is 18.4 Å². The summed E-state index contributed by atoms with van der Waals surface area (Å²) in [6, 6.07) is 0. The number of aromatic nitrogens is 3. The van der Waals surface area contributed by atoms with Crippen molar-refractivity contribution in [2.45, 2.75) is 59.8 Å². The number of hydrogen-bond donors (Lipinski definition) is 2. The van der Waals surface area contributed by atoms with Crippen LogP contribution in [-0.2, 0) is 12.8 Å². The zero-order valence-electron chi connectivity index (χ0n) is 16.8. The minimum absolute atomic E-state index is 0. The Morgan fingerprint density at radius 1 is 1.19 bits per heavy atom. The van der Waals surface area contributed by atoms with E-state index in [-0.39, 0.29) is 24.0 Å². The van der Waals surface area contributed by atoms with Crippen LogP contribution in [0.2, 0.25) is 0 Å². The third-order valence-corrected chi connectivity index (χ3v) is 5.00. The number of halogens is 1. The fourth-order valence-corrected chi connectivity index (χ4v) is 3.23. The highest BCUT2D eigenvalue weighted by molar-refractivity contribution is 14.0. The third kappa shape index (κ3) is 8.12. The van der Waals surface area contributed by atoms with E-state index >= 15 is 0 Å². The number of nitrogens with zero attached hydrogens (tertiary/aromatic N) is 4. The summed E-state index contributed by atoms with van der Waals surface area (Å²) in [5.74, 6) is 2.59. The van der Waals surface area contributed by atoms with Gasteiger partial charge in [0.05, 0.1) is 10.7 Å². The summed E-state index contributed by atoms with van der Waals surface area (Å²) in [5, 5.41) is 11.8. The highest BCUT2D eigenvalue weighted by atomic mass is 127. The highest BCUT2D eigenvalue weighted by Gasteiger charge is 2.09. The van der Waals surface area contributed by atoms with Gasteiger partial charge in [-0.15, -0.1) is 35.3 Å². The van der Waals surface area contributed by atoms with E-state index in [0.717, 1.165) is 49.8 Å². The maximum absolute atomic E-state index is 5.26. The van der Waals surface area contributed by atoms with Crippen molar-refractivity contribution in [3.05, 3.63) is 27.3 Å². The highest BCUT2D eigenvalue weighted by Crippen LogP contribution is 2.16. The molecule has 0 amide bonds. The lowest BCUT2D eigenvalue weighted by Crippen LogP contribution is -2.38. The lowest BCUT2D eigenvalue weighted by atomic mass is 10.2. The molecule has 0 radical (unpaired) electrons. The van der Waals surface area contributed by atoms with E-state index in [9.17, 15) is 0 Å². The third-order valence-electron chi connectivity index (χ3n) is 3.87. The molecule has 2 rings (SSSR count). The van der Waals surface area contributed by atoms with Gasteiger partial charge in [-0.2, -0.15) is 4.98 Å². The molecule has 0 saturated carbocycles. The van der Waals surface area contributed by atoms with Crippen LogP contribution < -0.4 is 10.6 Å². The first-order valence-electron chi connectivity index (χ1n) is 9.27. The lowest BCUT2D eigenvalue weighted by Gasteiger charge is -2.10. The van der Waals surface area contributed by atoms with Crippen molar-refractivity contribution in [3.63, 3.8) is 0 Å². The molecule has 0 unspecified atom stereocenters. The summed E-state index contributed by atoms with van der Waals surface area (Å²) in [5.41, 5.74) is 1.13. The minimum Gasteiger partial charge on any atom is -0.357 e. The van der Waals surface area contributed by atoms with E-state index in [1.807, 2.05) is 0 Å². The molecule has 9 heteroatoms. The molecule has 0 aliphatic heterocycles. The molecule has 2 aromatic heterocycles. The molecule has 0 bridgehead atoms. The number of aryl methyl sites for hydroxylation is 3. The summed E-state index contributed by atoms with van der Waals surface area (Å²) >= 11 is 1.77. The second-order valence-corrected chi connectivity index (χ2v) is 7.78. The van der Waals surface area contributed by atoms with Gasteiger partial charge in [0.15, 0.2) is 11.8 Å². The molecule has 152 valence electrons. The molecule has 2 N–H and O–H groups in total. The molecule has 0 aliphatic rings. The minimum atomic E-state index is 0. The van der Waals surface area contributed by atoms with Crippen LogP contribution in [0, 0.1) is 13.8 Å². The average molecular weight is 506 g/mol. The van der Waals surface area contributed by atoms with Crippen molar-refractivity contribution in [1.82, 2.24) is 25.8 Å². The Kier molecular flexibility index (Phi) is 10.8. The zero-order chi connectivity index (χ0) is 18.9. The topological polar surface area (TPSA) is 88.2 Å². The molecule has 0 atom stereocenters. The van der Waals surface area contributed by atoms with Crippen molar-refractivity contribution in [3.8, 4) is 0 Å². The van der Waals surface area contributed by atoms with E-state index in [2.05, 4.69) is 65.4 Å². The Labute approximate surface area is 182 Å². The van der Waals surface area contributed by atoms with Gasteiger partial charge in [-0.3, -0.25) is 4.99 Å². The Hall–Kier alpha value is -1.23. The summed E-state index contributed by atoms with van der Waals surface area (Å²) in [6.07, 6.45) is 2.53. The Balaban J connectivity index is 0.00000364. The summed E-state index contributed by atoms with van der Waals surface area (Å²) < 4.78 is 5.26. The fraction of sp³-hybridized carbons (Fsp3) is 0.667. The number of rotatable bonds is 9. The zero-order valence-corrected chi connectivity index (χ0v) is 20.0. The monoisotopic (exact) mass is 506 g/mol. The number of hydrogen-bond acceptors (Lipinski definition) is 6. The van der Waals surface area contributed by atoms with Gasteiger partial charge in [0, 0.05) is 43.3 Å². The smallest absolute Gasteiger partial charge is 0.226 e. The first-order valence-corrected chi connectivity index (χ1v) is 10.1. The van der Waals surface area contributed by atoms with Crippen LogP contribution in [0.15, 0.2) is 9.52 Å². The van der Waals surface area contributed by atoms with Crippen LogP contribution in [0.4, 0.5) is 0 Å². The quantitative estimate of drug-likeness (QED) is 0.234. The molecule has 7 nitrogen and oxygen atoms in total. The molecule has 0 fully saturated rings. The first-order chi connectivity index (χ1) is 12.5. The van der Waals surface area contributed by atoms with E-state index in [4.69, 9.17) is 4.52 Å². The number of aliphatic imine (C=N–C) groups is 1. The molecule has 0 spiro atoms. The standard InChI is InChI=1S/C18H30N6OS.HI/c1-6-19-18(21-11-9-16-22-13(4)14(5)26-16)20-10-7-8-15-23-17(12(2)3)24-25-15;/h12H,6-11H2,1-5H3,(H2,19,20,21);1H. The van der Waals surface area contributed by atoms with Gasteiger partial charge in [0.25, 0.3) is 0 Å². The largest absolute Gasteiger partial charge is 0.357 e. The van der Waals surface area contributed by atoms with Gasteiger partial charge >= 0.3 is 0 Å². The van der Waals surface area contributed by atoms with Crippen molar-refractivity contribution < 1.29 is 4.52 Å². The van der Waals surface area contributed by atoms with Gasteiger partial charge in [0.1, 0.15) is 0 Å². The maximum atomic E-state index is 5.26. The van der Waals surface area contributed by atoms with Crippen molar-refractivity contribution in [2.75, 3.05) is 19.6 Å². The molecular weight excluding hydrogens is 475 g/mol. The fourth-order valence-electron chi connectivity index (χ4n) is 2.30. The van der Waals surface area contributed by atoms with Gasteiger partial charge < -0.3 is 15.2 Å². The number of thiazole rings is 1. The van der Waals surface area contributed by atoms with Crippen LogP contribution >= 0.6 is 35.3 Å². The van der Waals surface area contributed by atoms with Crippen LogP contribution in [0.25, 0.3) is 0 Å². The van der Waals surface area contributed by atoms with E-state index in [1.54, 1.807) is 11.3 Å². The molecule has 0 aliphatic carbocycles. The normalized spacial score (nSPS) is 11.6. The Bertz CT molecular complexity index is 693. The summed E-state index contributed by atoms with van der Waals surface area (Å²) in [4.78, 5) is 14.9. The molecule has 2 heterocycles. The molecule has 0 aromatic carbocycles. The molecule has 27 heavy (non-hydrogen) atoms. The van der Waals surface area contributed by atoms with Gasteiger partial charge in [-0.05, 0) is 27.2 Å². The van der Waals surface area contributed by atoms with Gasteiger partial charge in [0.2, 0.25) is 5.89 Å². The average Bonchev–Trinajstić information content (AvgIpc) is 3.19. The lowest BCUT2D eigenvalue weighted by molar-refractivity contribution is 0.369. The Morgan fingerprint density at radius 2 is 1.96 bits per heavy atom. The van der Waals surface area contributed by atoms with Crippen LogP contribution in [0.5, 0.6) is 0 Å². The predicted molar refractivity (Wildman–Crippen MR) is 121 cm³/mol. The summed E-state index contributed by atoms with van der Waals surface area (Å²) in [6.45, 7) is 12.7. The number of guanidine groups is 1. The van der Waals surface area contributed by atoms with Crippen molar-refractivity contribution in [2.24, 2.45) is 4.99 Å². The van der Waals surface area contributed by atoms with Crippen LogP contribution in [0.3, 0.4) is 0 Å². The first kappa shape index (κ1) is 23.8. The SMILES string of the molecule is CCNC(=NCCCc1nc(C(C)C)no1)NCCc1nc(C)c(C)s1.I. The molecule has 2 aromatic rings. The van der Waals surface area contributed by atoms with E-state index in [1.165, 1.54) is 9.88 Å². The predicted octanol–water partition coefficient (Wildman–Crippen LogP) is 3.61. The maximum Gasteiger partial charge on any atom is 0.226 e. The second kappa shape index (κ2) is 12.3. The van der Waals surface area contributed by atoms with Crippen LogP contribution in [0.1, 0.15) is 60.4 Å².